The highest BCUT2D eigenvalue weighted by Crippen LogP contribution is 2.29. The number of nitrogens with one attached hydrogen (secondary N) is 1. The van der Waals surface area contributed by atoms with Gasteiger partial charge in [-0.3, -0.25) is 0 Å². The zero-order valence-electron chi connectivity index (χ0n) is 12.5. The van der Waals surface area contributed by atoms with E-state index in [9.17, 15) is 0 Å². The molecule has 19 heavy (non-hydrogen) atoms. The SMILES string of the molecule is CCCNC(CC(C)C)C1COc2ccccc2C1. The highest BCUT2D eigenvalue weighted by atomic mass is 16.5. The summed E-state index contributed by atoms with van der Waals surface area (Å²) in [5.74, 6) is 2.41. The molecule has 1 N–H and O–H groups in total. The minimum Gasteiger partial charge on any atom is -0.493 e. The van der Waals surface area contributed by atoms with Gasteiger partial charge in [0.05, 0.1) is 6.61 Å². The fraction of sp³-hybridized carbons (Fsp3) is 0.647. The molecule has 0 saturated heterocycles. The summed E-state index contributed by atoms with van der Waals surface area (Å²) in [6.07, 6.45) is 3.57. The molecule has 1 aromatic carbocycles. The van der Waals surface area contributed by atoms with E-state index < -0.39 is 0 Å². The van der Waals surface area contributed by atoms with Gasteiger partial charge in [-0.05, 0) is 43.4 Å². The quantitative estimate of drug-likeness (QED) is 0.844. The molecule has 0 saturated carbocycles. The number of hydrogen-bond acceptors (Lipinski definition) is 2. The predicted octanol–water partition coefficient (Wildman–Crippen LogP) is 3.65. The van der Waals surface area contributed by atoms with Gasteiger partial charge in [0.15, 0.2) is 0 Å². The fourth-order valence-corrected chi connectivity index (χ4v) is 2.89. The van der Waals surface area contributed by atoms with Crippen molar-refractivity contribution in [3.05, 3.63) is 29.8 Å². The molecule has 1 aliphatic rings. The average molecular weight is 261 g/mol. The third-order valence-electron chi connectivity index (χ3n) is 3.86. The van der Waals surface area contributed by atoms with Gasteiger partial charge >= 0.3 is 0 Å². The number of fused-ring (bicyclic) bond motifs is 1. The second kappa shape index (κ2) is 6.95. The van der Waals surface area contributed by atoms with E-state index in [4.69, 9.17) is 4.74 Å². The van der Waals surface area contributed by atoms with Crippen LogP contribution in [0.15, 0.2) is 24.3 Å². The second-order valence-electron chi connectivity index (χ2n) is 6.07. The Labute approximate surface area is 117 Å². The van der Waals surface area contributed by atoms with E-state index in [0.29, 0.717) is 12.0 Å². The van der Waals surface area contributed by atoms with E-state index >= 15 is 0 Å². The topological polar surface area (TPSA) is 21.3 Å². The molecule has 0 bridgehead atoms. The summed E-state index contributed by atoms with van der Waals surface area (Å²) in [5.41, 5.74) is 1.37. The highest BCUT2D eigenvalue weighted by molar-refractivity contribution is 5.35. The van der Waals surface area contributed by atoms with Crippen molar-refractivity contribution in [3.8, 4) is 5.75 Å². The molecule has 2 rings (SSSR count). The normalized spacial score (nSPS) is 19.9. The third kappa shape index (κ3) is 3.97. The van der Waals surface area contributed by atoms with Crippen LogP contribution >= 0.6 is 0 Å². The van der Waals surface area contributed by atoms with Crippen LogP contribution in [0.2, 0.25) is 0 Å². The van der Waals surface area contributed by atoms with Crippen LogP contribution in [0.5, 0.6) is 5.75 Å². The lowest BCUT2D eigenvalue weighted by Gasteiger charge is -2.33. The number of para-hydroxylation sites is 1. The van der Waals surface area contributed by atoms with E-state index in [0.717, 1.165) is 31.2 Å². The zero-order chi connectivity index (χ0) is 13.7. The van der Waals surface area contributed by atoms with Crippen LogP contribution in [0, 0.1) is 11.8 Å². The molecule has 0 amide bonds. The maximum atomic E-state index is 5.94. The van der Waals surface area contributed by atoms with Crippen LogP contribution in [0.3, 0.4) is 0 Å². The summed E-state index contributed by atoms with van der Waals surface area (Å²) in [4.78, 5) is 0. The molecule has 2 heteroatoms. The Kier molecular flexibility index (Phi) is 5.26. The number of hydrogen-bond donors (Lipinski definition) is 1. The van der Waals surface area contributed by atoms with Gasteiger partial charge in [0.2, 0.25) is 0 Å². The number of benzene rings is 1. The lowest BCUT2D eigenvalue weighted by Crippen LogP contribution is -2.42. The van der Waals surface area contributed by atoms with Crippen LogP contribution in [0.1, 0.15) is 39.2 Å². The fourth-order valence-electron chi connectivity index (χ4n) is 2.89. The largest absolute Gasteiger partial charge is 0.493 e. The van der Waals surface area contributed by atoms with Gasteiger partial charge in [-0.25, -0.2) is 0 Å². The molecule has 1 aromatic rings. The molecule has 0 radical (unpaired) electrons. The molecular formula is C17H27NO. The number of rotatable bonds is 6. The van der Waals surface area contributed by atoms with Crippen molar-refractivity contribution in [2.24, 2.45) is 11.8 Å². The van der Waals surface area contributed by atoms with Gasteiger partial charge in [-0.2, -0.15) is 0 Å². The predicted molar refractivity (Wildman–Crippen MR) is 80.7 cm³/mol. The van der Waals surface area contributed by atoms with Crippen molar-refractivity contribution in [2.75, 3.05) is 13.2 Å². The van der Waals surface area contributed by atoms with E-state index in [-0.39, 0.29) is 0 Å². The molecule has 0 spiro atoms. The monoisotopic (exact) mass is 261 g/mol. The standard InChI is InChI=1S/C17H27NO/c1-4-9-18-16(10-13(2)3)15-11-14-7-5-6-8-17(14)19-12-15/h5-8,13,15-16,18H,4,9-12H2,1-3H3. The first-order chi connectivity index (χ1) is 9.20. The average Bonchev–Trinajstić information content (AvgIpc) is 2.42. The Morgan fingerprint density at radius 2 is 2.11 bits per heavy atom. The molecule has 0 aliphatic carbocycles. The van der Waals surface area contributed by atoms with Crippen molar-refractivity contribution in [1.82, 2.24) is 5.32 Å². The maximum Gasteiger partial charge on any atom is 0.122 e. The van der Waals surface area contributed by atoms with E-state index in [1.54, 1.807) is 0 Å². The third-order valence-corrected chi connectivity index (χ3v) is 3.86. The first-order valence-electron chi connectivity index (χ1n) is 7.64. The van der Waals surface area contributed by atoms with Crippen molar-refractivity contribution in [3.63, 3.8) is 0 Å². The summed E-state index contributed by atoms with van der Waals surface area (Å²) in [6.45, 7) is 8.79. The molecule has 0 aromatic heterocycles. The van der Waals surface area contributed by atoms with Crippen LogP contribution in [0.4, 0.5) is 0 Å². The molecule has 2 atom stereocenters. The van der Waals surface area contributed by atoms with Crippen LogP contribution in [-0.2, 0) is 6.42 Å². The van der Waals surface area contributed by atoms with E-state index in [1.807, 2.05) is 0 Å². The van der Waals surface area contributed by atoms with Gasteiger partial charge in [0.25, 0.3) is 0 Å². The molecular weight excluding hydrogens is 234 g/mol. The van der Waals surface area contributed by atoms with Crippen molar-refractivity contribution in [1.29, 1.82) is 0 Å². The van der Waals surface area contributed by atoms with Gasteiger partial charge < -0.3 is 10.1 Å². The lowest BCUT2D eigenvalue weighted by molar-refractivity contribution is 0.172. The summed E-state index contributed by atoms with van der Waals surface area (Å²) in [7, 11) is 0. The van der Waals surface area contributed by atoms with Crippen molar-refractivity contribution >= 4 is 0 Å². The minimum absolute atomic E-state index is 0.577. The summed E-state index contributed by atoms with van der Waals surface area (Å²) in [5, 5.41) is 3.72. The Bertz CT molecular complexity index is 389. The summed E-state index contributed by atoms with van der Waals surface area (Å²) in [6, 6.07) is 9.03. The molecule has 0 fully saturated rings. The maximum absolute atomic E-state index is 5.94. The molecule has 2 unspecified atom stereocenters. The first kappa shape index (κ1) is 14.4. The van der Waals surface area contributed by atoms with Crippen molar-refractivity contribution in [2.45, 2.75) is 46.1 Å². The van der Waals surface area contributed by atoms with Crippen LogP contribution in [-0.4, -0.2) is 19.2 Å². The van der Waals surface area contributed by atoms with Gasteiger partial charge in [0.1, 0.15) is 5.75 Å². The lowest BCUT2D eigenvalue weighted by atomic mass is 9.86. The molecule has 1 heterocycles. The van der Waals surface area contributed by atoms with E-state index in [1.165, 1.54) is 18.4 Å². The Balaban J connectivity index is 2.02. The summed E-state index contributed by atoms with van der Waals surface area (Å²) >= 11 is 0. The van der Waals surface area contributed by atoms with Gasteiger partial charge in [-0.15, -0.1) is 0 Å². The van der Waals surface area contributed by atoms with Gasteiger partial charge in [-0.1, -0.05) is 39.0 Å². The molecule has 2 nitrogen and oxygen atoms in total. The van der Waals surface area contributed by atoms with Crippen LogP contribution < -0.4 is 10.1 Å². The molecule has 1 aliphatic heterocycles. The molecule has 106 valence electrons. The first-order valence-corrected chi connectivity index (χ1v) is 7.64. The Hall–Kier alpha value is -1.02. The van der Waals surface area contributed by atoms with Gasteiger partial charge in [0, 0.05) is 12.0 Å². The smallest absolute Gasteiger partial charge is 0.122 e. The minimum atomic E-state index is 0.577. The second-order valence-corrected chi connectivity index (χ2v) is 6.07. The highest BCUT2D eigenvalue weighted by Gasteiger charge is 2.27. The summed E-state index contributed by atoms with van der Waals surface area (Å²) < 4.78 is 5.94. The van der Waals surface area contributed by atoms with E-state index in [2.05, 4.69) is 50.4 Å². The number of ether oxygens (including phenoxy) is 1. The Morgan fingerprint density at radius 3 is 2.84 bits per heavy atom. The Morgan fingerprint density at radius 1 is 1.32 bits per heavy atom. The van der Waals surface area contributed by atoms with Crippen LogP contribution in [0.25, 0.3) is 0 Å². The zero-order valence-corrected chi connectivity index (χ0v) is 12.5. The van der Waals surface area contributed by atoms with Crippen molar-refractivity contribution < 1.29 is 4.74 Å².